The zero-order valence-corrected chi connectivity index (χ0v) is 12.4. The van der Waals surface area contributed by atoms with E-state index < -0.39 is 5.38 Å². The van der Waals surface area contributed by atoms with Crippen LogP contribution < -0.4 is 5.32 Å². The number of amides is 1. The summed E-state index contributed by atoms with van der Waals surface area (Å²) in [6.45, 7) is 3.99. The first kappa shape index (κ1) is 14.6. The van der Waals surface area contributed by atoms with Gasteiger partial charge in [0.15, 0.2) is 0 Å². The molecule has 0 heterocycles. The highest BCUT2D eigenvalue weighted by Crippen LogP contribution is 2.22. The molecule has 0 spiro atoms. The molecule has 2 aromatic carbocycles. The lowest BCUT2D eigenvalue weighted by Crippen LogP contribution is -2.29. The molecule has 0 saturated heterocycles. The van der Waals surface area contributed by atoms with Crippen LogP contribution >= 0.6 is 11.6 Å². The van der Waals surface area contributed by atoms with Crippen molar-refractivity contribution in [2.75, 3.05) is 0 Å². The van der Waals surface area contributed by atoms with Gasteiger partial charge in [-0.15, -0.1) is 11.6 Å². The normalized spacial score (nSPS) is 13.6. The van der Waals surface area contributed by atoms with Crippen LogP contribution in [0.15, 0.2) is 54.6 Å². The topological polar surface area (TPSA) is 29.1 Å². The van der Waals surface area contributed by atoms with Gasteiger partial charge in [-0.3, -0.25) is 4.79 Å². The lowest BCUT2D eigenvalue weighted by atomic mass is 10.1. The number of hydrogen-bond acceptors (Lipinski definition) is 1. The van der Waals surface area contributed by atoms with Crippen LogP contribution in [-0.2, 0) is 4.79 Å². The van der Waals surface area contributed by atoms with Gasteiger partial charge in [-0.1, -0.05) is 60.2 Å². The second kappa shape index (κ2) is 6.58. The Balaban J connectivity index is 2.04. The first-order chi connectivity index (χ1) is 9.58. The van der Waals surface area contributed by atoms with Gasteiger partial charge >= 0.3 is 0 Å². The molecule has 0 radical (unpaired) electrons. The minimum absolute atomic E-state index is 0.0626. The average molecular weight is 288 g/mol. The Morgan fingerprint density at radius 2 is 1.70 bits per heavy atom. The van der Waals surface area contributed by atoms with Gasteiger partial charge in [-0.05, 0) is 25.0 Å². The second-order valence-corrected chi connectivity index (χ2v) is 5.35. The Kier molecular flexibility index (Phi) is 4.80. The van der Waals surface area contributed by atoms with E-state index in [1.807, 2.05) is 62.4 Å². The van der Waals surface area contributed by atoms with Gasteiger partial charge < -0.3 is 5.32 Å². The van der Waals surface area contributed by atoms with E-state index in [1.165, 1.54) is 5.56 Å². The van der Waals surface area contributed by atoms with Crippen molar-refractivity contribution in [3.63, 3.8) is 0 Å². The fourth-order valence-corrected chi connectivity index (χ4v) is 2.29. The predicted octanol–water partition coefficient (Wildman–Crippen LogP) is 4.15. The summed E-state index contributed by atoms with van der Waals surface area (Å²) >= 11 is 6.21. The van der Waals surface area contributed by atoms with Crippen molar-refractivity contribution in [2.45, 2.75) is 25.3 Å². The molecule has 0 fully saturated rings. The monoisotopic (exact) mass is 287 g/mol. The molecule has 0 aliphatic rings. The first-order valence-corrected chi connectivity index (χ1v) is 7.07. The van der Waals surface area contributed by atoms with E-state index in [0.29, 0.717) is 0 Å². The van der Waals surface area contributed by atoms with Crippen molar-refractivity contribution < 1.29 is 4.79 Å². The van der Waals surface area contributed by atoms with Crippen molar-refractivity contribution in [3.05, 3.63) is 71.3 Å². The van der Waals surface area contributed by atoms with E-state index in [2.05, 4.69) is 11.4 Å². The van der Waals surface area contributed by atoms with Crippen molar-refractivity contribution >= 4 is 17.5 Å². The molecule has 1 N–H and O–H groups in total. The van der Waals surface area contributed by atoms with Gasteiger partial charge in [-0.25, -0.2) is 0 Å². The molecular weight excluding hydrogens is 270 g/mol. The molecule has 0 aliphatic carbocycles. The summed E-state index contributed by atoms with van der Waals surface area (Å²) in [5, 5.41) is 2.29. The van der Waals surface area contributed by atoms with Crippen LogP contribution in [0.2, 0.25) is 0 Å². The van der Waals surface area contributed by atoms with Gasteiger partial charge in [0, 0.05) is 0 Å². The quantitative estimate of drug-likeness (QED) is 0.841. The maximum atomic E-state index is 12.2. The number of aryl methyl sites for hydroxylation is 1. The van der Waals surface area contributed by atoms with Crippen molar-refractivity contribution in [1.82, 2.24) is 5.32 Å². The molecule has 104 valence electrons. The van der Waals surface area contributed by atoms with E-state index >= 15 is 0 Å². The van der Waals surface area contributed by atoms with Crippen molar-refractivity contribution in [1.29, 1.82) is 0 Å². The molecule has 1 amide bonds. The van der Waals surface area contributed by atoms with Crippen LogP contribution in [0.3, 0.4) is 0 Å². The van der Waals surface area contributed by atoms with Gasteiger partial charge in [-0.2, -0.15) is 0 Å². The summed E-state index contributed by atoms with van der Waals surface area (Å²) in [5.41, 5.74) is 3.06. The molecule has 1 unspecified atom stereocenters. The molecule has 2 atom stereocenters. The molecule has 2 nitrogen and oxygen atoms in total. The Morgan fingerprint density at radius 3 is 2.35 bits per heavy atom. The summed E-state index contributed by atoms with van der Waals surface area (Å²) in [7, 11) is 0. The average Bonchev–Trinajstić information content (AvgIpc) is 2.47. The van der Waals surface area contributed by atoms with E-state index in [4.69, 9.17) is 11.6 Å². The summed E-state index contributed by atoms with van der Waals surface area (Å²) in [6, 6.07) is 17.4. The third-order valence-electron chi connectivity index (χ3n) is 3.22. The van der Waals surface area contributed by atoms with Gasteiger partial charge in [0.1, 0.15) is 5.38 Å². The number of alkyl halides is 1. The first-order valence-electron chi connectivity index (χ1n) is 6.64. The van der Waals surface area contributed by atoms with Gasteiger partial charge in [0.05, 0.1) is 6.04 Å². The summed E-state index contributed by atoms with van der Waals surface area (Å²) in [6.07, 6.45) is 0. The number of hydrogen-bond donors (Lipinski definition) is 1. The van der Waals surface area contributed by atoms with E-state index in [-0.39, 0.29) is 11.9 Å². The minimum atomic E-state index is -0.663. The highest BCUT2D eigenvalue weighted by atomic mass is 35.5. The smallest absolute Gasteiger partial charge is 0.243 e. The number of halogens is 1. The Hall–Kier alpha value is -1.80. The maximum Gasteiger partial charge on any atom is 0.243 e. The molecule has 3 heteroatoms. The molecule has 0 bridgehead atoms. The standard InChI is InChI=1S/C17H18ClNO/c1-12-7-6-10-15(11-12)13(2)19-17(20)16(18)14-8-4-3-5-9-14/h3-11,13,16H,1-2H3,(H,19,20)/t13-,16?/m0/s1. The number of nitrogens with one attached hydrogen (secondary N) is 1. The highest BCUT2D eigenvalue weighted by Gasteiger charge is 2.19. The predicted molar refractivity (Wildman–Crippen MR) is 82.8 cm³/mol. The van der Waals surface area contributed by atoms with Crippen LogP contribution in [-0.4, -0.2) is 5.91 Å². The Morgan fingerprint density at radius 1 is 1.05 bits per heavy atom. The molecule has 0 saturated carbocycles. The Labute approximate surface area is 124 Å². The summed E-state index contributed by atoms with van der Waals surface area (Å²) < 4.78 is 0. The zero-order chi connectivity index (χ0) is 14.5. The summed E-state index contributed by atoms with van der Waals surface area (Å²) in [4.78, 5) is 12.2. The van der Waals surface area contributed by atoms with Crippen LogP contribution in [0, 0.1) is 6.92 Å². The third-order valence-corrected chi connectivity index (χ3v) is 3.67. The highest BCUT2D eigenvalue weighted by molar-refractivity contribution is 6.30. The van der Waals surface area contributed by atoms with Crippen molar-refractivity contribution in [3.8, 4) is 0 Å². The van der Waals surface area contributed by atoms with E-state index in [9.17, 15) is 4.79 Å². The van der Waals surface area contributed by atoms with Gasteiger partial charge in [0.2, 0.25) is 5.91 Å². The fraction of sp³-hybridized carbons (Fsp3) is 0.235. The van der Waals surface area contributed by atoms with E-state index in [0.717, 1.165) is 11.1 Å². The zero-order valence-electron chi connectivity index (χ0n) is 11.6. The lowest BCUT2D eigenvalue weighted by Gasteiger charge is -2.17. The SMILES string of the molecule is Cc1cccc([C@H](C)NC(=O)C(Cl)c2ccccc2)c1. The van der Waals surface area contributed by atoms with Crippen LogP contribution in [0.1, 0.15) is 35.0 Å². The Bertz CT molecular complexity index is 583. The largest absolute Gasteiger partial charge is 0.348 e. The van der Waals surface area contributed by atoms with Crippen LogP contribution in [0.5, 0.6) is 0 Å². The minimum Gasteiger partial charge on any atom is -0.348 e. The van der Waals surface area contributed by atoms with Crippen molar-refractivity contribution in [2.24, 2.45) is 0 Å². The van der Waals surface area contributed by atoms with Crippen LogP contribution in [0.25, 0.3) is 0 Å². The number of benzene rings is 2. The number of carbonyl (C=O) groups is 1. The number of carbonyl (C=O) groups excluding carboxylic acids is 1. The molecular formula is C17H18ClNO. The second-order valence-electron chi connectivity index (χ2n) is 4.92. The lowest BCUT2D eigenvalue weighted by molar-refractivity contribution is -0.121. The molecule has 2 rings (SSSR count). The van der Waals surface area contributed by atoms with Crippen LogP contribution in [0.4, 0.5) is 0 Å². The number of rotatable bonds is 4. The summed E-state index contributed by atoms with van der Waals surface area (Å²) in [5.74, 6) is -0.174. The fourth-order valence-electron chi connectivity index (χ4n) is 2.08. The molecule has 0 aliphatic heterocycles. The maximum absolute atomic E-state index is 12.2. The molecule has 2 aromatic rings. The third kappa shape index (κ3) is 3.61. The van der Waals surface area contributed by atoms with E-state index in [1.54, 1.807) is 0 Å². The van der Waals surface area contributed by atoms with Gasteiger partial charge in [0.25, 0.3) is 0 Å². The molecule has 0 aromatic heterocycles. The molecule has 20 heavy (non-hydrogen) atoms.